The van der Waals surface area contributed by atoms with E-state index in [4.69, 9.17) is 0 Å². The zero-order valence-corrected chi connectivity index (χ0v) is 14.3. The van der Waals surface area contributed by atoms with E-state index in [-0.39, 0.29) is 0 Å². The van der Waals surface area contributed by atoms with Crippen LogP contribution in [0.4, 0.5) is 17.5 Å². The van der Waals surface area contributed by atoms with Crippen molar-refractivity contribution in [3.05, 3.63) is 77.0 Å². The normalized spacial score (nSPS) is 10.5. The Kier molecular flexibility index (Phi) is 4.75. The monoisotopic (exact) mass is 318 g/mol. The molecule has 0 fully saturated rings. The van der Waals surface area contributed by atoms with Crippen LogP contribution in [0.15, 0.2) is 54.6 Å². The standard InChI is InChI=1S/C20H22N4/c1-14-7-6-10-18(11-14)23-20-22-16(3)12-19(24-20)21-13-17-9-5-4-8-15(17)2/h4-12H,13H2,1-3H3,(H2,21,22,23,24). The van der Waals surface area contributed by atoms with Gasteiger partial charge in [0, 0.05) is 24.0 Å². The summed E-state index contributed by atoms with van der Waals surface area (Å²) >= 11 is 0. The molecule has 0 radical (unpaired) electrons. The minimum absolute atomic E-state index is 0.605. The Morgan fingerprint density at radius 1 is 0.875 bits per heavy atom. The van der Waals surface area contributed by atoms with Crippen molar-refractivity contribution in [1.82, 2.24) is 9.97 Å². The predicted molar refractivity (Wildman–Crippen MR) is 99.7 cm³/mol. The maximum atomic E-state index is 4.57. The molecule has 0 amide bonds. The van der Waals surface area contributed by atoms with Crippen LogP contribution in [0.1, 0.15) is 22.4 Å². The first-order chi connectivity index (χ1) is 11.6. The Balaban J connectivity index is 1.75. The van der Waals surface area contributed by atoms with E-state index < -0.39 is 0 Å². The largest absolute Gasteiger partial charge is 0.366 e. The van der Waals surface area contributed by atoms with Gasteiger partial charge in [0.25, 0.3) is 0 Å². The van der Waals surface area contributed by atoms with Crippen LogP contribution in [-0.2, 0) is 6.54 Å². The first-order valence-corrected chi connectivity index (χ1v) is 8.08. The second-order valence-corrected chi connectivity index (χ2v) is 5.99. The van der Waals surface area contributed by atoms with E-state index in [9.17, 15) is 0 Å². The van der Waals surface area contributed by atoms with Gasteiger partial charge in [-0.2, -0.15) is 4.98 Å². The van der Waals surface area contributed by atoms with Crippen molar-refractivity contribution in [2.45, 2.75) is 27.3 Å². The highest BCUT2D eigenvalue weighted by Gasteiger charge is 2.04. The fourth-order valence-electron chi connectivity index (χ4n) is 2.56. The Hall–Kier alpha value is -2.88. The minimum Gasteiger partial charge on any atom is -0.366 e. The third kappa shape index (κ3) is 4.10. The molecule has 0 aliphatic rings. The lowest BCUT2D eigenvalue weighted by Gasteiger charge is -2.11. The highest BCUT2D eigenvalue weighted by Crippen LogP contribution is 2.17. The predicted octanol–water partition coefficient (Wildman–Crippen LogP) is 4.76. The quantitative estimate of drug-likeness (QED) is 0.712. The molecule has 0 spiro atoms. The zero-order chi connectivity index (χ0) is 16.9. The molecule has 1 heterocycles. The molecule has 3 rings (SSSR count). The van der Waals surface area contributed by atoms with E-state index in [1.165, 1.54) is 16.7 Å². The van der Waals surface area contributed by atoms with Crippen LogP contribution >= 0.6 is 0 Å². The highest BCUT2D eigenvalue weighted by molar-refractivity contribution is 5.56. The lowest BCUT2D eigenvalue weighted by molar-refractivity contribution is 1.05. The molecule has 0 aliphatic carbocycles. The maximum Gasteiger partial charge on any atom is 0.229 e. The summed E-state index contributed by atoms with van der Waals surface area (Å²) in [5, 5.41) is 6.66. The lowest BCUT2D eigenvalue weighted by Crippen LogP contribution is -2.06. The minimum atomic E-state index is 0.605. The molecule has 2 aromatic carbocycles. The van der Waals surface area contributed by atoms with Gasteiger partial charge in [-0.1, -0.05) is 36.4 Å². The number of hydrogen-bond donors (Lipinski definition) is 2. The highest BCUT2D eigenvalue weighted by atomic mass is 15.1. The summed E-state index contributed by atoms with van der Waals surface area (Å²) in [5.41, 5.74) is 5.65. The number of aromatic nitrogens is 2. The number of benzene rings is 2. The third-order valence-electron chi connectivity index (χ3n) is 3.85. The molecule has 4 heteroatoms. The van der Waals surface area contributed by atoms with Gasteiger partial charge in [-0.3, -0.25) is 0 Å². The van der Waals surface area contributed by atoms with Gasteiger partial charge in [-0.15, -0.1) is 0 Å². The summed E-state index contributed by atoms with van der Waals surface area (Å²) in [4.78, 5) is 9.04. The summed E-state index contributed by atoms with van der Waals surface area (Å²) in [6, 6.07) is 18.5. The van der Waals surface area contributed by atoms with Crippen LogP contribution in [-0.4, -0.2) is 9.97 Å². The average Bonchev–Trinajstić information content (AvgIpc) is 2.53. The zero-order valence-electron chi connectivity index (χ0n) is 14.3. The summed E-state index contributed by atoms with van der Waals surface area (Å²) in [5.74, 6) is 1.42. The van der Waals surface area contributed by atoms with Crippen molar-refractivity contribution in [3.63, 3.8) is 0 Å². The summed E-state index contributed by atoms with van der Waals surface area (Å²) in [7, 11) is 0. The van der Waals surface area contributed by atoms with Crippen molar-refractivity contribution in [2.75, 3.05) is 10.6 Å². The molecule has 0 saturated heterocycles. The van der Waals surface area contributed by atoms with E-state index in [1.807, 2.05) is 25.1 Å². The molecule has 4 nitrogen and oxygen atoms in total. The molecular weight excluding hydrogens is 296 g/mol. The van der Waals surface area contributed by atoms with E-state index in [0.29, 0.717) is 5.95 Å². The van der Waals surface area contributed by atoms with Crippen LogP contribution in [0, 0.1) is 20.8 Å². The van der Waals surface area contributed by atoms with Crippen molar-refractivity contribution in [1.29, 1.82) is 0 Å². The topological polar surface area (TPSA) is 49.8 Å². The summed E-state index contributed by atoms with van der Waals surface area (Å²) in [6.07, 6.45) is 0. The van der Waals surface area contributed by atoms with Crippen molar-refractivity contribution >= 4 is 17.5 Å². The van der Waals surface area contributed by atoms with Crippen LogP contribution in [0.5, 0.6) is 0 Å². The van der Waals surface area contributed by atoms with Crippen molar-refractivity contribution < 1.29 is 0 Å². The van der Waals surface area contributed by atoms with Gasteiger partial charge < -0.3 is 10.6 Å². The van der Waals surface area contributed by atoms with Crippen LogP contribution in [0.25, 0.3) is 0 Å². The average molecular weight is 318 g/mol. The number of rotatable bonds is 5. The number of anilines is 3. The van der Waals surface area contributed by atoms with E-state index in [2.05, 4.69) is 70.8 Å². The van der Waals surface area contributed by atoms with E-state index >= 15 is 0 Å². The molecule has 3 aromatic rings. The van der Waals surface area contributed by atoms with Crippen LogP contribution in [0.3, 0.4) is 0 Å². The fourth-order valence-corrected chi connectivity index (χ4v) is 2.56. The lowest BCUT2D eigenvalue weighted by atomic mass is 10.1. The maximum absolute atomic E-state index is 4.57. The molecule has 0 atom stereocenters. The molecule has 0 bridgehead atoms. The van der Waals surface area contributed by atoms with Crippen LogP contribution < -0.4 is 10.6 Å². The molecule has 0 aliphatic heterocycles. The van der Waals surface area contributed by atoms with Gasteiger partial charge in [-0.05, 0) is 49.6 Å². The third-order valence-corrected chi connectivity index (χ3v) is 3.85. The van der Waals surface area contributed by atoms with Gasteiger partial charge in [-0.25, -0.2) is 4.98 Å². The van der Waals surface area contributed by atoms with E-state index in [1.54, 1.807) is 0 Å². The SMILES string of the molecule is Cc1cccc(Nc2nc(C)cc(NCc3ccccc3C)n2)c1. The fraction of sp³-hybridized carbons (Fsp3) is 0.200. The molecular formula is C20H22N4. The van der Waals surface area contributed by atoms with E-state index in [0.717, 1.165) is 23.7 Å². The molecule has 1 aromatic heterocycles. The number of hydrogen-bond acceptors (Lipinski definition) is 4. The number of aryl methyl sites for hydroxylation is 3. The van der Waals surface area contributed by atoms with Crippen molar-refractivity contribution in [3.8, 4) is 0 Å². The second-order valence-electron chi connectivity index (χ2n) is 5.99. The summed E-state index contributed by atoms with van der Waals surface area (Å²) < 4.78 is 0. The second kappa shape index (κ2) is 7.13. The Morgan fingerprint density at radius 2 is 1.71 bits per heavy atom. The Labute approximate surface area is 143 Å². The van der Waals surface area contributed by atoms with Gasteiger partial charge in [0.15, 0.2) is 0 Å². The van der Waals surface area contributed by atoms with Gasteiger partial charge in [0.1, 0.15) is 5.82 Å². The van der Waals surface area contributed by atoms with Gasteiger partial charge in [0.05, 0.1) is 0 Å². The molecule has 2 N–H and O–H groups in total. The van der Waals surface area contributed by atoms with Gasteiger partial charge in [0.2, 0.25) is 5.95 Å². The van der Waals surface area contributed by atoms with Crippen LogP contribution in [0.2, 0.25) is 0 Å². The summed E-state index contributed by atoms with van der Waals surface area (Å²) in [6.45, 7) is 6.90. The first-order valence-electron chi connectivity index (χ1n) is 8.08. The Morgan fingerprint density at radius 3 is 2.50 bits per heavy atom. The molecule has 0 saturated carbocycles. The molecule has 0 unspecified atom stereocenters. The first kappa shape index (κ1) is 16.0. The number of nitrogens with zero attached hydrogens (tertiary/aromatic N) is 2. The smallest absolute Gasteiger partial charge is 0.229 e. The number of nitrogens with one attached hydrogen (secondary N) is 2. The molecule has 122 valence electrons. The Bertz CT molecular complexity index is 843. The molecule has 24 heavy (non-hydrogen) atoms. The van der Waals surface area contributed by atoms with Crippen molar-refractivity contribution in [2.24, 2.45) is 0 Å². The van der Waals surface area contributed by atoms with Gasteiger partial charge >= 0.3 is 0 Å².